The average molecular weight is 233 g/mol. The second-order valence-electron chi connectivity index (χ2n) is 4.64. The molecule has 2 aliphatic rings. The zero-order valence-electron chi connectivity index (χ0n) is 9.15. The number of amides is 1. The van der Waals surface area contributed by atoms with Crippen LogP contribution in [0.15, 0.2) is 0 Å². The van der Waals surface area contributed by atoms with Gasteiger partial charge in [0.05, 0.1) is 0 Å². The molecule has 0 unspecified atom stereocenters. The van der Waals surface area contributed by atoms with Crippen LogP contribution in [-0.2, 0) is 4.79 Å². The van der Waals surface area contributed by atoms with Gasteiger partial charge in [-0.15, -0.1) is 12.4 Å². The first-order valence-corrected chi connectivity index (χ1v) is 5.82. The van der Waals surface area contributed by atoms with Crippen LogP contribution in [0.2, 0.25) is 0 Å². The van der Waals surface area contributed by atoms with Gasteiger partial charge in [0.2, 0.25) is 5.91 Å². The van der Waals surface area contributed by atoms with Gasteiger partial charge in [0.1, 0.15) is 0 Å². The Morgan fingerprint density at radius 3 is 2.13 bits per heavy atom. The van der Waals surface area contributed by atoms with Gasteiger partial charge in [0, 0.05) is 25.0 Å². The molecule has 0 atom stereocenters. The van der Waals surface area contributed by atoms with E-state index in [-0.39, 0.29) is 18.3 Å². The van der Waals surface area contributed by atoms with E-state index in [0.29, 0.717) is 11.9 Å². The Balaban J connectivity index is 0.00000112. The molecule has 0 aromatic rings. The zero-order valence-corrected chi connectivity index (χ0v) is 9.97. The highest BCUT2D eigenvalue weighted by molar-refractivity contribution is 5.85. The van der Waals surface area contributed by atoms with Gasteiger partial charge in [-0.1, -0.05) is 0 Å². The quantitative estimate of drug-likeness (QED) is 0.746. The number of carbonyl (C=O) groups is 1. The Hall–Kier alpha value is -0.280. The van der Waals surface area contributed by atoms with Crippen molar-refractivity contribution in [2.45, 2.75) is 44.6 Å². The summed E-state index contributed by atoms with van der Waals surface area (Å²) in [5.41, 5.74) is 5.83. The van der Waals surface area contributed by atoms with Crippen molar-refractivity contribution in [2.75, 3.05) is 13.1 Å². The second-order valence-corrected chi connectivity index (χ2v) is 4.64. The van der Waals surface area contributed by atoms with Crippen LogP contribution in [0.1, 0.15) is 38.5 Å². The first kappa shape index (κ1) is 12.8. The molecular weight excluding hydrogens is 212 g/mol. The van der Waals surface area contributed by atoms with Crippen LogP contribution in [-0.4, -0.2) is 29.9 Å². The van der Waals surface area contributed by atoms with Crippen molar-refractivity contribution in [2.24, 2.45) is 11.7 Å². The van der Waals surface area contributed by atoms with Crippen LogP contribution in [0.5, 0.6) is 0 Å². The molecule has 15 heavy (non-hydrogen) atoms. The highest BCUT2D eigenvalue weighted by Gasteiger charge is 2.29. The topological polar surface area (TPSA) is 46.3 Å². The number of nitrogens with zero attached hydrogens (tertiary/aromatic N) is 1. The number of hydrogen-bond acceptors (Lipinski definition) is 2. The standard InChI is InChI=1S/C11H20N2O.ClH/c12-10-5-3-9(4-6-10)11(14)13-7-1-2-8-13;/h9-10H,1-8,12H2;1H. The second kappa shape index (κ2) is 5.71. The normalized spacial score (nSPS) is 31.1. The minimum atomic E-state index is 0. The van der Waals surface area contributed by atoms with E-state index in [1.807, 2.05) is 4.90 Å². The lowest BCUT2D eigenvalue weighted by Gasteiger charge is -2.28. The van der Waals surface area contributed by atoms with E-state index in [1.54, 1.807) is 0 Å². The Bertz CT molecular complexity index is 209. The molecule has 0 aromatic carbocycles. The van der Waals surface area contributed by atoms with Crippen LogP contribution in [0.25, 0.3) is 0 Å². The van der Waals surface area contributed by atoms with E-state index >= 15 is 0 Å². The first-order valence-electron chi connectivity index (χ1n) is 5.82. The molecule has 1 saturated heterocycles. The molecule has 4 heteroatoms. The molecule has 2 fully saturated rings. The zero-order chi connectivity index (χ0) is 9.97. The predicted molar refractivity (Wildman–Crippen MR) is 63.0 cm³/mol. The summed E-state index contributed by atoms with van der Waals surface area (Å²) in [5, 5.41) is 0. The van der Waals surface area contributed by atoms with Crippen molar-refractivity contribution < 1.29 is 4.79 Å². The highest BCUT2D eigenvalue weighted by Crippen LogP contribution is 2.26. The van der Waals surface area contributed by atoms with Crippen LogP contribution >= 0.6 is 12.4 Å². The number of halogens is 1. The molecule has 1 amide bonds. The largest absolute Gasteiger partial charge is 0.342 e. The number of hydrogen-bond donors (Lipinski definition) is 1. The fourth-order valence-corrected chi connectivity index (χ4v) is 2.56. The number of likely N-dealkylation sites (tertiary alicyclic amines) is 1. The molecule has 1 aliphatic carbocycles. The maximum Gasteiger partial charge on any atom is 0.225 e. The molecule has 1 heterocycles. The van der Waals surface area contributed by atoms with Crippen molar-refractivity contribution in [1.29, 1.82) is 0 Å². The van der Waals surface area contributed by atoms with E-state index < -0.39 is 0 Å². The van der Waals surface area contributed by atoms with E-state index in [4.69, 9.17) is 5.73 Å². The average Bonchev–Trinajstić information content (AvgIpc) is 2.71. The summed E-state index contributed by atoms with van der Waals surface area (Å²) in [4.78, 5) is 14.0. The van der Waals surface area contributed by atoms with Crippen molar-refractivity contribution in [3.63, 3.8) is 0 Å². The molecule has 0 bridgehead atoms. The summed E-state index contributed by atoms with van der Waals surface area (Å²) in [6, 6.07) is 0.345. The molecule has 0 radical (unpaired) electrons. The first-order chi connectivity index (χ1) is 6.77. The molecule has 0 spiro atoms. The summed E-state index contributed by atoms with van der Waals surface area (Å²) >= 11 is 0. The molecule has 0 aromatic heterocycles. The third kappa shape index (κ3) is 3.08. The molecule has 1 saturated carbocycles. The summed E-state index contributed by atoms with van der Waals surface area (Å²) in [7, 11) is 0. The summed E-state index contributed by atoms with van der Waals surface area (Å²) in [5.74, 6) is 0.683. The lowest BCUT2D eigenvalue weighted by atomic mass is 9.85. The Kier molecular flexibility index (Phi) is 4.87. The smallest absolute Gasteiger partial charge is 0.225 e. The number of carbonyl (C=O) groups excluding carboxylic acids is 1. The Morgan fingerprint density at radius 2 is 1.60 bits per heavy atom. The predicted octanol–water partition coefficient (Wildman–Crippen LogP) is 1.55. The van der Waals surface area contributed by atoms with Crippen LogP contribution in [0.3, 0.4) is 0 Å². The molecule has 1 aliphatic heterocycles. The lowest BCUT2D eigenvalue weighted by Crippen LogP contribution is -2.37. The molecule has 88 valence electrons. The van der Waals surface area contributed by atoms with Gasteiger partial charge in [-0.25, -0.2) is 0 Å². The van der Waals surface area contributed by atoms with E-state index in [1.165, 1.54) is 12.8 Å². The Morgan fingerprint density at radius 1 is 1.07 bits per heavy atom. The van der Waals surface area contributed by atoms with Crippen molar-refractivity contribution in [1.82, 2.24) is 4.90 Å². The van der Waals surface area contributed by atoms with Crippen molar-refractivity contribution >= 4 is 18.3 Å². The fraction of sp³-hybridized carbons (Fsp3) is 0.909. The van der Waals surface area contributed by atoms with Gasteiger partial charge in [-0.05, 0) is 38.5 Å². The highest BCUT2D eigenvalue weighted by atomic mass is 35.5. The van der Waals surface area contributed by atoms with Gasteiger partial charge in [0.25, 0.3) is 0 Å². The SMILES string of the molecule is Cl.NC1CCC(C(=O)N2CCCC2)CC1. The summed E-state index contributed by atoms with van der Waals surface area (Å²) < 4.78 is 0. The minimum absolute atomic E-state index is 0. The summed E-state index contributed by atoms with van der Waals surface area (Å²) in [6.07, 6.45) is 6.47. The Labute approximate surface area is 97.8 Å². The molecule has 2 N–H and O–H groups in total. The van der Waals surface area contributed by atoms with Crippen molar-refractivity contribution in [3.05, 3.63) is 0 Å². The van der Waals surface area contributed by atoms with Crippen LogP contribution < -0.4 is 5.73 Å². The molecular formula is C11H21ClN2O. The van der Waals surface area contributed by atoms with Crippen LogP contribution in [0, 0.1) is 5.92 Å². The van der Waals surface area contributed by atoms with Gasteiger partial charge in [0.15, 0.2) is 0 Å². The maximum atomic E-state index is 12.0. The van der Waals surface area contributed by atoms with Gasteiger partial charge < -0.3 is 10.6 Å². The monoisotopic (exact) mass is 232 g/mol. The number of nitrogens with two attached hydrogens (primary N) is 1. The fourth-order valence-electron chi connectivity index (χ4n) is 2.56. The van der Waals surface area contributed by atoms with E-state index in [2.05, 4.69) is 0 Å². The minimum Gasteiger partial charge on any atom is -0.342 e. The van der Waals surface area contributed by atoms with Gasteiger partial charge in [-0.2, -0.15) is 0 Å². The van der Waals surface area contributed by atoms with Crippen molar-refractivity contribution in [3.8, 4) is 0 Å². The lowest BCUT2D eigenvalue weighted by molar-refractivity contribution is -0.135. The maximum absolute atomic E-state index is 12.0. The third-order valence-corrected chi connectivity index (χ3v) is 3.54. The molecule has 2 rings (SSSR count). The van der Waals surface area contributed by atoms with Gasteiger partial charge in [-0.3, -0.25) is 4.79 Å². The van der Waals surface area contributed by atoms with Crippen LogP contribution in [0.4, 0.5) is 0 Å². The van der Waals surface area contributed by atoms with E-state index in [9.17, 15) is 4.79 Å². The number of rotatable bonds is 1. The molecule has 3 nitrogen and oxygen atoms in total. The third-order valence-electron chi connectivity index (χ3n) is 3.54. The van der Waals surface area contributed by atoms with E-state index in [0.717, 1.165) is 38.8 Å². The summed E-state index contributed by atoms with van der Waals surface area (Å²) in [6.45, 7) is 1.97. The van der Waals surface area contributed by atoms with Gasteiger partial charge >= 0.3 is 0 Å².